The van der Waals surface area contributed by atoms with Crippen molar-refractivity contribution in [3.8, 4) is 0 Å². The molecule has 3 heteroatoms. The Morgan fingerprint density at radius 2 is 2.18 bits per heavy atom. The van der Waals surface area contributed by atoms with Gasteiger partial charge in [-0.25, -0.2) is 0 Å². The van der Waals surface area contributed by atoms with Crippen molar-refractivity contribution in [2.24, 2.45) is 0 Å². The standard InChI is InChI=1S/C14H21BrN2/c1-11(13-7-3-4-8-14(13)15)17(2)12-6-5-9-16-10-12/h3-4,7-8,11-12,16H,5-6,9-10H2,1-2H3. The molecule has 1 saturated heterocycles. The van der Waals surface area contributed by atoms with Crippen LogP contribution in [-0.4, -0.2) is 31.1 Å². The van der Waals surface area contributed by atoms with Crippen LogP contribution in [0.1, 0.15) is 31.4 Å². The topological polar surface area (TPSA) is 15.3 Å². The number of hydrogen-bond donors (Lipinski definition) is 1. The molecule has 0 radical (unpaired) electrons. The van der Waals surface area contributed by atoms with E-state index in [0.717, 1.165) is 6.54 Å². The van der Waals surface area contributed by atoms with Crippen LogP contribution in [0.2, 0.25) is 0 Å². The summed E-state index contributed by atoms with van der Waals surface area (Å²) in [6.07, 6.45) is 2.59. The van der Waals surface area contributed by atoms with E-state index in [9.17, 15) is 0 Å². The predicted octanol–water partition coefficient (Wildman–Crippen LogP) is 3.19. The zero-order valence-electron chi connectivity index (χ0n) is 10.6. The minimum Gasteiger partial charge on any atom is -0.315 e. The maximum absolute atomic E-state index is 3.65. The van der Waals surface area contributed by atoms with Crippen LogP contribution in [0, 0.1) is 0 Å². The molecule has 0 saturated carbocycles. The third-order valence-electron chi connectivity index (χ3n) is 3.81. The molecule has 1 fully saturated rings. The summed E-state index contributed by atoms with van der Waals surface area (Å²) in [7, 11) is 2.24. The molecule has 2 atom stereocenters. The number of rotatable bonds is 3. The van der Waals surface area contributed by atoms with Crippen molar-refractivity contribution in [1.29, 1.82) is 0 Å². The fourth-order valence-corrected chi connectivity index (χ4v) is 3.15. The summed E-state index contributed by atoms with van der Waals surface area (Å²) in [6, 6.07) is 9.63. The van der Waals surface area contributed by atoms with E-state index in [0.29, 0.717) is 12.1 Å². The molecule has 2 unspecified atom stereocenters. The van der Waals surface area contributed by atoms with Gasteiger partial charge < -0.3 is 5.32 Å². The maximum atomic E-state index is 3.65. The highest BCUT2D eigenvalue weighted by atomic mass is 79.9. The van der Waals surface area contributed by atoms with Gasteiger partial charge in [-0.1, -0.05) is 34.1 Å². The van der Waals surface area contributed by atoms with E-state index >= 15 is 0 Å². The van der Waals surface area contributed by atoms with E-state index in [2.05, 4.69) is 64.4 Å². The Hall–Kier alpha value is -0.380. The lowest BCUT2D eigenvalue weighted by molar-refractivity contribution is 0.156. The maximum Gasteiger partial charge on any atom is 0.0331 e. The molecule has 0 aromatic heterocycles. The molecule has 2 rings (SSSR count). The van der Waals surface area contributed by atoms with Crippen molar-refractivity contribution < 1.29 is 0 Å². The molecular formula is C14H21BrN2. The fourth-order valence-electron chi connectivity index (χ4n) is 2.53. The van der Waals surface area contributed by atoms with Gasteiger partial charge >= 0.3 is 0 Å². The minimum absolute atomic E-state index is 0.454. The highest BCUT2D eigenvalue weighted by Crippen LogP contribution is 2.28. The second kappa shape index (κ2) is 5.98. The molecule has 1 aliphatic heterocycles. The lowest BCUT2D eigenvalue weighted by atomic mass is 10.0. The molecule has 2 nitrogen and oxygen atoms in total. The van der Waals surface area contributed by atoms with Crippen LogP contribution in [0.15, 0.2) is 28.7 Å². The van der Waals surface area contributed by atoms with E-state index in [1.165, 1.54) is 29.4 Å². The van der Waals surface area contributed by atoms with Gasteiger partial charge in [0.05, 0.1) is 0 Å². The van der Waals surface area contributed by atoms with Crippen LogP contribution in [0.25, 0.3) is 0 Å². The van der Waals surface area contributed by atoms with Gasteiger partial charge in [-0.15, -0.1) is 0 Å². The monoisotopic (exact) mass is 296 g/mol. The average molecular weight is 297 g/mol. The number of hydrogen-bond acceptors (Lipinski definition) is 2. The van der Waals surface area contributed by atoms with Gasteiger partial charge in [0.1, 0.15) is 0 Å². The summed E-state index contributed by atoms with van der Waals surface area (Å²) in [5.74, 6) is 0. The Morgan fingerprint density at radius 1 is 1.41 bits per heavy atom. The summed E-state index contributed by atoms with van der Waals surface area (Å²) in [5, 5.41) is 3.48. The van der Waals surface area contributed by atoms with Crippen LogP contribution in [0.4, 0.5) is 0 Å². The van der Waals surface area contributed by atoms with E-state index in [1.54, 1.807) is 0 Å². The summed E-state index contributed by atoms with van der Waals surface area (Å²) in [4.78, 5) is 2.49. The molecule has 0 amide bonds. The first-order valence-corrected chi connectivity index (χ1v) is 7.16. The van der Waals surface area contributed by atoms with E-state index < -0.39 is 0 Å². The molecule has 0 aliphatic carbocycles. The third kappa shape index (κ3) is 3.09. The van der Waals surface area contributed by atoms with Gasteiger partial charge in [-0.2, -0.15) is 0 Å². The molecule has 17 heavy (non-hydrogen) atoms. The highest BCUT2D eigenvalue weighted by Gasteiger charge is 2.23. The zero-order chi connectivity index (χ0) is 12.3. The predicted molar refractivity (Wildman–Crippen MR) is 76.2 cm³/mol. The van der Waals surface area contributed by atoms with Crippen LogP contribution >= 0.6 is 15.9 Å². The molecule has 1 heterocycles. The van der Waals surface area contributed by atoms with E-state index in [1.807, 2.05) is 0 Å². The summed E-state index contributed by atoms with van der Waals surface area (Å²) >= 11 is 3.65. The number of halogens is 1. The molecule has 1 aliphatic rings. The SMILES string of the molecule is CC(c1ccccc1Br)N(C)C1CCCNC1. The largest absolute Gasteiger partial charge is 0.315 e. The second-order valence-electron chi connectivity index (χ2n) is 4.86. The van der Waals surface area contributed by atoms with Crippen LogP contribution in [0.3, 0.4) is 0 Å². The molecule has 1 N–H and O–H groups in total. The van der Waals surface area contributed by atoms with Gasteiger partial charge in [0, 0.05) is 23.1 Å². The van der Waals surface area contributed by atoms with Crippen molar-refractivity contribution in [3.05, 3.63) is 34.3 Å². The second-order valence-corrected chi connectivity index (χ2v) is 5.72. The van der Waals surface area contributed by atoms with Crippen molar-refractivity contribution in [2.75, 3.05) is 20.1 Å². The molecule has 0 spiro atoms. The fraction of sp³-hybridized carbons (Fsp3) is 0.571. The van der Waals surface area contributed by atoms with Crippen molar-refractivity contribution in [1.82, 2.24) is 10.2 Å². The highest BCUT2D eigenvalue weighted by molar-refractivity contribution is 9.10. The summed E-state index contributed by atoms with van der Waals surface area (Å²) < 4.78 is 1.21. The van der Waals surface area contributed by atoms with Crippen molar-refractivity contribution in [2.45, 2.75) is 31.8 Å². The Kier molecular flexibility index (Phi) is 4.60. The number of nitrogens with zero attached hydrogens (tertiary/aromatic N) is 1. The van der Waals surface area contributed by atoms with Crippen LogP contribution in [0.5, 0.6) is 0 Å². The minimum atomic E-state index is 0.454. The summed E-state index contributed by atoms with van der Waals surface area (Å²) in [5.41, 5.74) is 1.38. The Labute approximate surface area is 113 Å². The van der Waals surface area contributed by atoms with E-state index in [4.69, 9.17) is 0 Å². The Bertz CT molecular complexity index is 361. The van der Waals surface area contributed by atoms with Gasteiger partial charge in [0.15, 0.2) is 0 Å². The molecule has 0 bridgehead atoms. The molecule has 94 valence electrons. The summed E-state index contributed by atoms with van der Waals surface area (Å²) in [6.45, 7) is 4.58. The van der Waals surface area contributed by atoms with Gasteiger partial charge in [-0.05, 0) is 45.0 Å². The number of piperidine rings is 1. The van der Waals surface area contributed by atoms with Gasteiger partial charge in [-0.3, -0.25) is 4.90 Å². The van der Waals surface area contributed by atoms with Crippen LogP contribution in [-0.2, 0) is 0 Å². The van der Waals surface area contributed by atoms with Crippen molar-refractivity contribution >= 4 is 15.9 Å². The number of benzene rings is 1. The van der Waals surface area contributed by atoms with Gasteiger partial charge in [0.2, 0.25) is 0 Å². The number of nitrogens with one attached hydrogen (secondary N) is 1. The average Bonchev–Trinajstić information content (AvgIpc) is 2.39. The van der Waals surface area contributed by atoms with Crippen molar-refractivity contribution in [3.63, 3.8) is 0 Å². The Morgan fingerprint density at radius 3 is 2.82 bits per heavy atom. The van der Waals surface area contributed by atoms with E-state index in [-0.39, 0.29) is 0 Å². The zero-order valence-corrected chi connectivity index (χ0v) is 12.2. The molecule has 1 aromatic carbocycles. The lowest BCUT2D eigenvalue weighted by Crippen LogP contribution is -2.45. The smallest absolute Gasteiger partial charge is 0.0331 e. The van der Waals surface area contributed by atoms with Gasteiger partial charge in [0.25, 0.3) is 0 Å². The van der Waals surface area contributed by atoms with Crippen LogP contribution < -0.4 is 5.32 Å². The number of likely N-dealkylation sites (N-methyl/N-ethyl adjacent to an activating group) is 1. The lowest BCUT2D eigenvalue weighted by Gasteiger charge is -2.36. The molecular weight excluding hydrogens is 276 g/mol. The first kappa shape index (κ1) is 13.1. The normalized spacial score (nSPS) is 22.7. The third-order valence-corrected chi connectivity index (χ3v) is 4.54. The first-order chi connectivity index (χ1) is 8.20. The first-order valence-electron chi connectivity index (χ1n) is 6.37. The molecule has 1 aromatic rings. The quantitative estimate of drug-likeness (QED) is 0.921. The Balaban J connectivity index is 2.08.